The highest BCUT2D eigenvalue weighted by Gasteiger charge is 2.26. The average molecular weight is 597 g/mol. The van der Waals surface area contributed by atoms with Gasteiger partial charge in [-0.15, -0.1) is 0 Å². The number of rotatable bonds is 7. The minimum atomic E-state index is -2.78. The third-order valence-corrected chi connectivity index (χ3v) is 7.74. The number of amides is 2. The smallest absolute Gasteiger partial charge is 0.319 e. The van der Waals surface area contributed by atoms with Crippen molar-refractivity contribution >= 4 is 46.1 Å². The minimum Gasteiger partial charge on any atom is -0.378 e. The second-order valence-electron chi connectivity index (χ2n) is 10.4. The monoisotopic (exact) mass is 596 g/mol. The van der Waals surface area contributed by atoms with E-state index in [1.807, 2.05) is 4.90 Å². The minimum absolute atomic E-state index is 0.0259. The number of nitrogens with one attached hydrogen (secondary N) is 3. The topological polar surface area (TPSA) is 109 Å². The van der Waals surface area contributed by atoms with Crippen molar-refractivity contribution in [3.8, 4) is 5.82 Å². The number of carbonyl (C=O) groups excluding carboxylic acids is 1. The maximum Gasteiger partial charge on any atom is 0.319 e. The summed E-state index contributed by atoms with van der Waals surface area (Å²) in [5.41, 5.74) is 1.65. The van der Waals surface area contributed by atoms with Crippen LogP contribution < -0.4 is 20.9 Å². The Labute approximate surface area is 246 Å². The Morgan fingerprint density at radius 2 is 1.71 bits per heavy atom. The lowest BCUT2D eigenvalue weighted by Gasteiger charge is -2.31. The van der Waals surface area contributed by atoms with Crippen LogP contribution in [0.3, 0.4) is 0 Å². The van der Waals surface area contributed by atoms with Gasteiger partial charge in [0.1, 0.15) is 11.6 Å². The Kier molecular flexibility index (Phi) is 8.34. The fraction of sp³-hybridized carbons (Fsp3) is 0.379. The molecule has 2 aromatic heterocycles. The van der Waals surface area contributed by atoms with Gasteiger partial charge in [-0.3, -0.25) is 4.57 Å². The number of imidazole rings is 1. The predicted octanol–water partition coefficient (Wildman–Crippen LogP) is 5.79. The third kappa shape index (κ3) is 6.39. The van der Waals surface area contributed by atoms with Gasteiger partial charge in [0.15, 0.2) is 5.82 Å². The van der Waals surface area contributed by atoms with Gasteiger partial charge >= 0.3 is 6.03 Å². The summed E-state index contributed by atoms with van der Waals surface area (Å²) < 4.78 is 35.2. The molecule has 0 bridgehead atoms. The normalized spacial score (nSPS) is 19.2. The second kappa shape index (κ2) is 12.5. The predicted molar refractivity (Wildman–Crippen MR) is 158 cm³/mol. The molecule has 1 aliphatic carbocycles. The van der Waals surface area contributed by atoms with Crippen LogP contribution in [0.1, 0.15) is 37.9 Å². The number of halogens is 3. The fourth-order valence-electron chi connectivity index (χ4n) is 5.46. The van der Waals surface area contributed by atoms with Crippen LogP contribution in [0.25, 0.3) is 16.9 Å². The van der Waals surface area contributed by atoms with Crippen LogP contribution in [0.5, 0.6) is 0 Å². The number of para-hydroxylation sites is 2. The highest BCUT2D eigenvalue weighted by atomic mass is 35.5. The molecule has 220 valence electrons. The molecule has 1 saturated carbocycles. The molecule has 3 heterocycles. The van der Waals surface area contributed by atoms with Crippen molar-refractivity contribution in [3.63, 3.8) is 0 Å². The molecule has 13 heteroatoms. The number of alkyl halides is 2. The third-order valence-electron chi connectivity index (χ3n) is 7.50. The van der Waals surface area contributed by atoms with E-state index in [2.05, 4.69) is 20.9 Å². The van der Waals surface area contributed by atoms with Gasteiger partial charge in [-0.25, -0.2) is 18.6 Å². The summed E-state index contributed by atoms with van der Waals surface area (Å²) >= 11 is 6.01. The van der Waals surface area contributed by atoms with Crippen LogP contribution in [-0.4, -0.2) is 63.9 Å². The van der Waals surface area contributed by atoms with Gasteiger partial charge < -0.3 is 25.6 Å². The lowest BCUT2D eigenvalue weighted by Crippen LogP contribution is -2.42. The van der Waals surface area contributed by atoms with Crippen LogP contribution in [-0.2, 0) is 4.74 Å². The zero-order valence-corrected chi connectivity index (χ0v) is 23.5. The largest absolute Gasteiger partial charge is 0.378 e. The first kappa shape index (κ1) is 28.1. The molecule has 0 unspecified atom stereocenters. The zero-order valence-electron chi connectivity index (χ0n) is 22.8. The molecule has 6 rings (SSSR count). The Morgan fingerprint density at radius 1 is 0.952 bits per heavy atom. The van der Waals surface area contributed by atoms with E-state index in [-0.39, 0.29) is 23.9 Å². The molecule has 1 saturated heterocycles. The van der Waals surface area contributed by atoms with E-state index in [0.29, 0.717) is 65.6 Å². The van der Waals surface area contributed by atoms with Crippen LogP contribution in [0.15, 0.2) is 54.6 Å². The van der Waals surface area contributed by atoms with Crippen molar-refractivity contribution in [2.75, 3.05) is 41.8 Å². The van der Waals surface area contributed by atoms with Crippen molar-refractivity contribution in [3.05, 3.63) is 65.4 Å². The lowest BCUT2D eigenvalue weighted by molar-refractivity contribution is 0.122. The number of fused-ring (bicyclic) bond motifs is 1. The maximum absolute atomic E-state index is 14.1. The quantitative estimate of drug-likeness (QED) is 0.248. The number of anilines is 3. The van der Waals surface area contributed by atoms with Crippen LogP contribution in [0.2, 0.25) is 5.02 Å². The van der Waals surface area contributed by atoms with Gasteiger partial charge in [0.2, 0.25) is 5.95 Å². The van der Waals surface area contributed by atoms with E-state index < -0.39 is 6.43 Å². The van der Waals surface area contributed by atoms with Gasteiger partial charge in [-0.1, -0.05) is 29.8 Å². The van der Waals surface area contributed by atoms with Gasteiger partial charge in [-0.05, 0) is 56.0 Å². The Morgan fingerprint density at radius 3 is 2.48 bits per heavy atom. The molecule has 2 amide bonds. The highest BCUT2D eigenvalue weighted by Crippen LogP contribution is 2.30. The first-order valence-electron chi connectivity index (χ1n) is 14.0. The molecule has 0 radical (unpaired) electrons. The SMILES string of the molecule is O=C(Nc1cccc(Cl)c1)NC1CCC(Nc2cc(-n3c(C(F)F)nc4ccccc43)nc(N3CCOCC3)n2)CC1. The summed E-state index contributed by atoms with van der Waals surface area (Å²) in [6.45, 7) is 2.27. The summed E-state index contributed by atoms with van der Waals surface area (Å²) in [6.07, 6.45) is 0.358. The maximum atomic E-state index is 14.1. The number of morpholine rings is 1. The first-order valence-corrected chi connectivity index (χ1v) is 14.4. The molecule has 10 nitrogen and oxygen atoms in total. The highest BCUT2D eigenvalue weighted by molar-refractivity contribution is 6.30. The van der Waals surface area contributed by atoms with Crippen molar-refractivity contribution in [2.24, 2.45) is 0 Å². The van der Waals surface area contributed by atoms with E-state index in [9.17, 15) is 13.6 Å². The number of ether oxygens (including phenoxy) is 1. The molecule has 0 spiro atoms. The zero-order chi connectivity index (χ0) is 29.1. The molecule has 0 atom stereocenters. The molecule has 2 fully saturated rings. The van der Waals surface area contributed by atoms with E-state index in [0.717, 1.165) is 25.7 Å². The van der Waals surface area contributed by atoms with Gasteiger partial charge in [0, 0.05) is 41.9 Å². The van der Waals surface area contributed by atoms with E-state index >= 15 is 0 Å². The van der Waals surface area contributed by atoms with Crippen molar-refractivity contribution in [1.29, 1.82) is 0 Å². The van der Waals surface area contributed by atoms with Crippen LogP contribution >= 0.6 is 11.6 Å². The van der Waals surface area contributed by atoms with E-state index in [1.165, 1.54) is 4.57 Å². The molecule has 1 aliphatic heterocycles. The van der Waals surface area contributed by atoms with Crippen molar-refractivity contribution in [2.45, 2.75) is 44.2 Å². The first-order chi connectivity index (χ1) is 20.4. The standard InChI is InChI=1S/C29H31ClF2N8O2/c30-18-4-3-5-21(16-18)35-29(41)34-20-10-8-19(9-11-20)33-24-17-25(38-28(37-24)39-12-14-42-15-13-39)40-23-7-2-1-6-22(23)36-27(40)26(31)32/h1-7,16-17,19-20,26H,8-15H2,(H,33,37,38)(H2,34,35,41). The Bertz CT molecular complexity index is 1550. The number of aromatic nitrogens is 4. The number of nitrogens with zero attached hydrogens (tertiary/aromatic N) is 5. The fourth-order valence-corrected chi connectivity index (χ4v) is 5.65. The van der Waals surface area contributed by atoms with Gasteiger partial charge in [0.05, 0.1) is 24.2 Å². The number of benzene rings is 2. The van der Waals surface area contributed by atoms with Gasteiger partial charge in [0.25, 0.3) is 6.43 Å². The second-order valence-corrected chi connectivity index (χ2v) is 10.8. The molecule has 3 N–H and O–H groups in total. The molecular formula is C29H31ClF2N8O2. The van der Waals surface area contributed by atoms with Crippen LogP contribution in [0.4, 0.5) is 31.0 Å². The summed E-state index contributed by atoms with van der Waals surface area (Å²) in [4.78, 5) is 28.2. The molecule has 42 heavy (non-hydrogen) atoms. The number of carbonyl (C=O) groups is 1. The van der Waals surface area contributed by atoms with E-state index in [4.69, 9.17) is 26.3 Å². The Balaban J connectivity index is 1.19. The summed E-state index contributed by atoms with van der Waals surface area (Å²) in [5.74, 6) is 0.960. The molecular weight excluding hydrogens is 566 g/mol. The number of urea groups is 1. The van der Waals surface area contributed by atoms with Crippen molar-refractivity contribution < 1.29 is 18.3 Å². The number of hydrogen-bond donors (Lipinski definition) is 3. The molecule has 4 aromatic rings. The lowest BCUT2D eigenvalue weighted by atomic mass is 9.91. The van der Waals surface area contributed by atoms with Crippen molar-refractivity contribution in [1.82, 2.24) is 24.8 Å². The van der Waals surface area contributed by atoms with Crippen LogP contribution in [0, 0.1) is 0 Å². The summed E-state index contributed by atoms with van der Waals surface area (Å²) in [7, 11) is 0. The summed E-state index contributed by atoms with van der Waals surface area (Å²) in [5, 5.41) is 9.92. The summed E-state index contributed by atoms with van der Waals surface area (Å²) in [6, 6.07) is 15.6. The Hall–Kier alpha value is -4.03. The molecule has 2 aliphatic rings. The van der Waals surface area contributed by atoms with Gasteiger partial charge in [-0.2, -0.15) is 9.97 Å². The van der Waals surface area contributed by atoms with E-state index in [1.54, 1.807) is 54.6 Å². The number of hydrogen-bond acceptors (Lipinski definition) is 7. The molecule has 2 aromatic carbocycles. The average Bonchev–Trinajstić information content (AvgIpc) is 3.39.